The highest BCUT2D eigenvalue weighted by molar-refractivity contribution is 5.39. The Morgan fingerprint density at radius 2 is 1.90 bits per heavy atom. The smallest absolute Gasteiger partial charge is 0.436 e. The molecule has 0 fully saturated rings. The number of nitriles is 1. The van der Waals surface area contributed by atoms with E-state index in [1.165, 1.54) is 6.07 Å². The maximum absolute atomic E-state index is 13.6. The van der Waals surface area contributed by atoms with E-state index in [2.05, 4.69) is 9.97 Å². The standard InChI is InChI=1S/C12H6F4N4O/c13-7-3-6(5-17)1-2-8(7)21-10-4-9(18)19-11(20-10)12(14,15)16/h1-4H,(H2,18,19,20). The fourth-order valence-electron chi connectivity index (χ4n) is 1.39. The summed E-state index contributed by atoms with van der Waals surface area (Å²) in [7, 11) is 0. The average Bonchev–Trinajstić information content (AvgIpc) is 2.39. The van der Waals surface area contributed by atoms with Crippen molar-refractivity contribution in [2.45, 2.75) is 6.18 Å². The van der Waals surface area contributed by atoms with Gasteiger partial charge in [0.05, 0.1) is 11.6 Å². The molecule has 9 heteroatoms. The molecule has 0 aliphatic carbocycles. The third-order valence-corrected chi connectivity index (χ3v) is 2.25. The van der Waals surface area contributed by atoms with Crippen molar-refractivity contribution in [2.75, 3.05) is 5.73 Å². The molecule has 0 aliphatic heterocycles. The number of nitrogens with zero attached hydrogens (tertiary/aromatic N) is 3. The van der Waals surface area contributed by atoms with Gasteiger partial charge in [-0.05, 0) is 18.2 Å². The Balaban J connectivity index is 2.36. The fourth-order valence-corrected chi connectivity index (χ4v) is 1.39. The van der Waals surface area contributed by atoms with Gasteiger partial charge in [-0.25, -0.2) is 9.37 Å². The zero-order valence-corrected chi connectivity index (χ0v) is 10.1. The summed E-state index contributed by atoms with van der Waals surface area (Å²) in [6.07, 6.45) is -4.81. The second-order valence-electron chi connectivity index (χ2n) is 3.81. The molecule has 2 aromatic rings. The third kappa shape index (κ3) is 3.36. The lowest BCUT2D eigenvalue weighted by atomic mass is 10.2. The van der Waals surface area contributed by atoms with Crippen LogP contribution in [-0.4, -0.2) is 9.97 Å². The van der Waals surface area contributed by atoms with Crippen LogP contribution in [0.25, 0.3) is 0 Å². The topological polar surface area (TPSA) is 84.8 Å². The van der Waals surface area contributed by atoms with Crippen LogP contribution in [0.3, 0.4) is 0 Å². The maximum atomic E-state index is 13.6. The first-order valence-corrected chi connectivity index (χ1v) is 5.39. The van der Waals surface area contributed by atoms with Gasteiger partial charge in [0.25, 0.3) is 0 Å². The molecular formula is C12H6F4N4O. The molecule has 1 aromatic carbocycles. The molecule has 0 saturated heterocycles. The monoisotopic (exact) mass is 298 g/mol. The molecule has 0 spiro atoms. The summed E-state index contributed by atoms with van der Waals surface area (Å²) in [4.78, 5) is 6.14. The number of aromatic nitrogens is 2. The minimum atomic E-state index is -4.81. The SMILES string of the molecule is N#Cc1ccc(Oc2cc(N)nc(C(F)(F)F)n2)c(F)c1. The van der Waals surface area contributed by atoms with Crippen LogP contribution in [0.2, 0.25) is 0 Å². The van der Waals surface area contributed by atoms with Crippen molar-refractivity contribution in [1.29, 1.82) is 5.26 Å². The van der Waals surface area contributed by atoms with Gasteiger partial charge in [0.15, 0.2) is 11.6 Å². The first-order valence-electron chi connectivity index (χ1n) is 5.39. The Morgan fingerprint density at radius 3 is 2.48 bits per heavy atom. The number of nitrogen functional groups attached to an aromatic ring is 1. The third-order valence-electron chi connectivity index (χ3n) is 2.25. The summed E-state index contributed by atoms with van der Waals surface area (Å²) in [6.45, 7) is 0. The normalized spacial score (nSPS) is 11.0. The minimum absolute atomic E-state index is 0.0398. The number of nitrogens with two attached hydrogens (primary N) is 1. The van der Waals surface area contributed by atoms with Crippen LogP contribution in [0.5, 0.6) is 11.6 Å². The average molecular weight is 298 g/mol. The highest BCUT2D eigenvalue weighted by Crippen LogP contribution is 2.30. The van der Waals surface area contributed by atoms with E-state index in [1.807, 2.05) is 0 Å². The summed E-state index contributed by atoms with van der Waals surface area (Å²) in [6, 6.07) is 5.85. The number of benzene rings is 1. The van der Waals surface area contributed by atoms with Gasteiger partial charge in [-0.2, -0.15) is 23.4 Å². The van der Waals surface area contributed by atoms with Crippen molar-refractivity contribution in [1.82, 2.24) is 9.97 Å². The van der Waals surface area contributed by atoms with E-state index >= 15 is 0 Å². The molecule has 0 radical (unpaired) electrons. The number of anilines is 1. The Bertz CT molecular complexity index is 724. The molecule has 0 amide bonds. The highest BCUT2D eigenvalue weighted by Gasteiger charge is 2.35. The van der Waals surface area contributed by atoms with E-state index in [9.17, 15) is 17.6 Å². The predicted octanol–water partition coefficient (Wildman–Crippen LogP) is 2.88. The van der Waals surface area contributed by atoms with Gasteiger partial charge < -0.3 is 10.5 Å². The van der Waals surface area contributed by atoms with Crippen molar-refractivity contribution in [3.8, 4) is 17.7 Å². The molecule has 0 saturated carbocycles. The molecule has 5 nitrogen and oxygen atoms in total. The largest absolute Gasteiger partial charge is 0.451 e. The Morgan fingerprint density at radius 1 is 1.19 bits per heavy atom. The second kappa shape index (κ2) is 5.24. The van der Waals surface area contributed by atoms with Crippen LogP contribution >= 0.6 is 0 Å². The highest BCUT2D eigenvalue weighted by atomic mass is 19.4. The van der Waals surface area contributed by atoms with Crippen LogP contribution in [0.15, 0.2) is 24.3 Å². The van der Waals surface area contributed by atoms with Gasteiger partial charge in [0, 0.05) is 6.07 Å². The lowest BCUT2D eigenvalue weighted by Gasteiger charge is -2.09. The van der Waals surface area contributed by atoms with E-state index in [0.717, 1.165) is 18.2 Å². The summed E-state index contributed by atoms with van der Waals surface area (Å²) in [5.74, 6) is -3.83. The first-order chi connectivity index (χ1) is 9.79. The van der Waals surface area contributed by atoms with Crippen LogP contribution in [0.4, 0.5) is 23.4 Å². The maximum Gasteiger partial charge on any atom is 0.451 e. The van der Waals surface area contributed by atoms with Gasteiger partial charge >= 0.3 is 6.18 Å². The number of hydrogen-bond donors (Lipinski definition) is 1. The fraction of sp³-hybridized carbons (Fsp3) is 0.0833. The van der Waals surface area contributed by atoms with E-state index in [0.29, 0.717) is 0 Å². The molecular weight excluding hydrogens is 292 g/mol. The molecule has 0 aliphatic rings. The van der Waals surface area contributed by atoms with E-state index in [1.54, 1.807) is 6.07 Å². The number of rotatable bonds is 2. The van der Waals surface area contributed by atoms with E-state index in [4.69, 9.17) is 15.7 Å². The summed E-state index contributed by atoms with van der Waals surface area (Å²) in [5, 5.41) is 8.59. The number of halogens is 4. The molecule has 0 bridgehead atoms. The minimum Gasteiger partial charge on any atom is -0.436 e. The molecule has 2 N–H and O–H groups in total. The lowest BCUT2D eigenvalue weighted by molar-refractivity contribution is -0.145. The molecule has 2 rings (SSSR count). The van der Waals surface area contributed by atoms with Gasteiger partial charge in [-0.15, -0.1) is 0 Å². The zero-order chi connectivity index (χ0) is 15.6. The first kappa shape index (κ1) is 14.5. The predicted molar refractivity (Wildman–Crippen MR) is 62.6 cm³/mol. The molecule has 0 atom stereocenters. The van der Waals surface area contributed by atoms with Crippen LogP contribution < -0.4 is 10.5 Å². The Hall–Kier alpha value is -2.89. The Labute approximate surface area is 115 Å². The summed E-state index contributed by atoms with van der Waals surface area (Å²) < 4.78 is 56.0. The van der Waals surface area contributed by atoms with Gasteiger partial charge in [-0.3, -0.25) is 0 Å². The van der Waals surface area contributed by atoms with Crippen LogP contribution in [0, 0.1) is 17.1 Å². The van der Waals surface area contributed by atoms with Crippen molar-refractivity contribution in [2.24, 2.45) is 0 Å². The van der Waals surface area contributed by atoms with E-state index < -0.39 is 29.5 Å². The molecule has 1 aromatic heterocycles. The van der Waals surface area contributed by atoms with Gasteiger partial charge in [-0.1, -0.05) is 0 Å². The van der Waals surface area contributed by atoms with E-state index in [-0.39, 0.29) is 11.3 Å². The molecule has 0 unspecified atom stereocenters. The van der Waals surface area contributed by atoms with Crippen LogP contribution in [0.1, 0.15) is 11.4 Å². The number of hydrogen-bond acceptors (Lipinski definition) is 5. The summed E-state index contributed by atoms with van der Waals surface area (Å²) >= 11 is 0. The van der Waals surface area contributed by atoms with Gasteiger partial charge in [0.2, 0.25) is 11.7 Å². The summed E-state index contributed by atoms with van der Waals surface area (Å²) in [5.41, 5.74) is 5.27. The van der Waals surface area contributed by atoms with Crippen LogP contribution in [-0.2, 0) is 6.18 Å². The lowest BCUT2D eigenvalue weighted by Crippen LogP contribution is -2.13. The molecule has 1 heterocycles. The quantitative estimate of drug-likeness (QED) is 0.862. The Kier molecular flexibility index (Phi) is 3.62. The molecule has 21 heavy (non-hydrogen) atoms. The zero-order valence-electron chi connectivity index (χ0n) is 10.1. The number of alkyl halides is 3. The van der Waals surface area contributed by atoms with Crippen molar-refractivity contribution >= 4 is 5.82 Å². The van der Waals surface area contributed by atoms with Gasteiger partial charge in [0.1, 0.15) is 5.82 Å². The van der Waals surface area contributed by atoms with Crippen molar-refractivity contribution < 1.29 is 22.3 Å². The number of ether oxygens (including phenoxy) is 1. The second-order valence-corrected chi connectivity index (χ2v) is 3.81. The molecule has 108 valence electrons. The van der Waals surface area contributed by atoms with Crippen molar-refractivity contribution in [3.63, 3.8) is 0 Å². The van der Waals surface area contributed by atoms with Crippen molar-refractivity contribution in [3.05, 3.63) is 41.5 Å².